The summed E-state index contributed by atoms with van der Waals surface area (Å²) in [6, 6.07) is 14.2. The molecule has 0 saturated carbocycles. The van der Waals surface area contributed by atoms with Gasteiger partial charge in [-0.2, -0.15) is 0 Å². The lowest BCUT2D eigenvalue weighted by molar-refractivity contribution is -0.124. The minimum absolute atomic E-state index is 0.177. The molecule has 0 unspecified atom stereocenters. The number of carbonyl (C=O) groups is 2. The van der Waals surface area contributed by atoms with E-state index in [0.29, 0.717) is 40.7 Å². The van der Waals surface area contributed by atoms with Crippen molar-refractivity contribution in [1.82, 2.24) is 10.2 Å². The summed E-state index contributed by atoms with van der Waals surface area (Å²) in [6.45, 7) is 0.595. The molecule has 0 aliphatic carbocycles. The van der Waals surface area contributed by atoms with Crippen molar-refractivity contribution in [2.24, 2.45) is 0 Å². The molecule has 1 N–H and O–H groups in total. The van der Waals surface area contributed by atoms with Gasteiger partial charge in [-0.3, -0.25) is 9.59 Å². The van der Waals surface area contributed by atoms with Crippen LogP contribution in [-0.2, 0) is 4.79 Å². The predicted molar refractivity (Wildman–Crippen MR) is 131 cm³/mol. The number of nitrogens with one attached hydrogen (secondary N) is 1. The second-order valence-corrected chi connectivity index (χ2v) is 9.37. The molecule has 35 heavy (non-hydrogen) atoms. The highest BCUT2D eigenvalue weighted by Gasteiger charge is 2.44. The lowest BCUT2D eigenvalue weighted by Gasteiger charge is -2.39. The maximum Gasteiger partial charge on any atom is 0.254 e. The minimum Gasteiger partial charge on any atom is -0.493 e. The first-order valence-corrected chi connectivity index (χ1v) is 12.1. The van der Waals surface area contributed by atoms with Gasteiger partial charge in [-0.05, 0) is 41.3 Å². The van der Waals surface area contributed by atoms with Gasteiger partial charge in [0.1, 0.15) is 12.7 Å². The molecule has 0 fully saturated rings. The van der Waals surface area contributed by atoms with Crippen molar-refractivity contribution < 1.29 is 28.5 Å². The summed E-state index contributed by atoms with van der Waals surface area (Å²) in [5.41, 5.74) is 1.03. The van der Waals surface area contributed by atoms with Crippen LogP contribution < -0.4 is 24.3 Å². The third-order valence-corrected chi connectivity index (χ3v) is 7.31. The van der Waals surface area contributed by atoms with Crippen LogP contribution in [0.3, 0.4) is 0 Å². The zero-order chi connectivity index (χ0) is 24.5. The monoisotopic (exact) mass is 494 g/mol. The van der Waals surface area contributed by atoms with Crippen molar-refractivity contribution in [3.05, 3.63) is 69.9 Å². The van der Waals surface area contributed by atoms with E-state index in [-0.39, 0.29) is 24.5 Å². The summed E-state index contributed by atoms with van der Waals surface area (Å²) in [5.74, 6) is 1.21. The molecule has 1 aromatic heterocycles. The molecule has 0 radical (unpaired) electrons. The van der Waals surface area contributed by atoms with Crippen LogP contribution in [0.25, 0.3) is 0 Å². The summed E-state index contributed by atoms with van der Waals surface area (Å²) < 4.78 is 22.7. The summed E-state index contributed by atoms with van der Waals surface area (Å²) in [7, 11) is 4.77. The van der Waals surface area contributed by atoms with Crippen LogP contribution in [0.15, 0.2) is 53.9 Å². The van der Waals surface area contributed by atoms with Gasteiger partial charge in [0, 0.05) is 17.5 Å². The van der Waals surface area contributed by atoms with E-state index in [4.69, 9.17) is 18.9 Å². The molecule has 182 valence electrons. The van der Waals surface area contributed by atoms with Crippen molar-refractivity contribution in [3.63, 3.8) is 0 Å². The highest BCUT2D eigenvalue weighted by molar-refractivity contribution is 7.10. The van der Waals surface area contributed by atoms with Gasteiger partial charge in [0.15, 0.2) is 23.0 Å². The van der Waals surface area contributed by atoms with Crippen LogP contribution in [-0.4, -0.2) is 57.2 Å². The third-order valence-electron chi connectivity index (χ3n) is 6.36. The molecule has 9 heteroatoms. The number of nitrogens with zero attached hydrogens (tertiary/aromatic N) is 1. The highest BCUT2D eigenvalue weighted by atomic mass is 32.1. The summed E-state index contributed by atoms with van der Waals surface area (Å²) >= 11 is 1.51. The Morgan fingerprint density at radius 2 is 1.86 bits per heavy atom. The van der Waals surface area contributed by atoms with Crippen LogP contribution in [0, 0.1) is 0 Å². The average molecular weight is 495 g/mol. The summed E-state index contributed by atoms with van der Waals surface area (Å²) in [5, 5.41) is 4.98. The smallest absolute Gasteiger partial charge is 0.254 e. The predicted octanol–water partition coefficient (Wildman–Crippen LogP) is 3.63. The molecule has 2 amide bonds. The molecule has 3 atom stereocenters. The van der Waals surface area contributed by atoms with Crippen LogP contribution in [0.1, 0.15) is 32.8 Å². The van der Waals surface area contributed by atoms with Crippen molar-refractivity contribution in [1.29, 1.82) is 0 Å². The number of rotatable bonds is 6. The van der Waals surface area contributed by atoms with Crippen LogP contribution in [0.4, 0.5) is 0 Å². The topological polar surface area (TPSA) is 86.3 Å². The highest BCUT2D eigenvalue weighted by Crippen LogP contribution is 2.46. The molecular formula is C26H26N2O6S. The number of para-hydroxylation sites is 2. The first kappa shape index (κ1) is 23.0. The second-order valence-electron chi connectivity index (χ2n) is 8.39. The maximum absolute atomic E-state index is 13.7. The lowest BCUT2D eigenvalue weighted by atomic mass is 9.81. The number of carbonyl (C=O) groups excluding carboxylic acids is 2. The van der Waals surface area contributed by atoms with E-state index in [1.54, 1.807) is 24.1 Å². The van der Waals surface area contributed by atoms with E-state index < -0.39 is 12.0 Å². The zero-order valence-corrected chi connectivity index (χ0v) is 20.5. The van der Waals surface area contributed by atoms with Gasteiger partial charge >= 0.3 is 0 Å². The molecule has 5 rings (SSSR count). The number of hydrogen-bond donors (Lipinski definition) is 1. The first-order chi connectivity index (χ1) is 17.0. The van der Waals surface area contributed by atoms with Gasteiger partial charge in [-0.15, -0.1) is 11.3 Å². The maximum atomic E-state index is 13.7. The van der Waals surface area contributed by atoms with Gasteiger partial charge < -0.3 is 29.2 Å². The van der Waals surface area contributed by atoms with Crippen LogP contribution >= 0.6 is 11.3 Å². The average Bonchev–Trinajstić information content (AvgIpc) is 3.42. The molecule has 3 heterocycles. The lowest BCUT2D eigenvalue weighted by Crippen LogP contribution is -2.48. The Balaban J connectivity index is 1.46. The Kier molecular flexibility index (Phi) is 6.25. The fourth-order valence-corrected chi connectivity index (χ4v) is 5.54. The molecule has 2 aliphatic rings. The fourth-order valence-electron chi connectivity index (χ4n) is 4.63. The van der Waals surface area contributed by atoms with Gasteiger partial charge in [0.05, 0.1) is 32.7 Å². The third kappa shape index (κ3) is 4.16. The van der Waals surface area contributed by atoms with Crippen LogP contribution in [0.2, 0.25) is 0 Å². The molecule has 0 spiro atoms. The number of likely N-dealkylation sites (N-methyl/N-ethyl adjacent to an activating group) is 1. The largest absolute Gasteiger partial charge is 0.493 e. The van der Waals surface area contributed by atoms with E-state index in [1.165, 1.54) is 25.6 Å². The summed E-state index contributed by atoms with van der Waals surface area (Å²) in [4.78, 5) is 29.6. The zero-order valence-electron chi connectivity index (χ0n) is 19.6. The Morgan fingerprint density at radius 3 is 2.57 bits per heavy atom. The van der Waals surface area contributed by atoms with E-state index in [2.05, 4.69) is 5.32 Å². The van der Waals surface area contributed by atoms with Crippen molar-refractivity contribution in [2.75, 3.05) is 34.4 Å². The number of methoxy groups -OCH3 is 2. The van der Waals surface area contributed by atoms with Gasteiger partial charge in [0.25, 0.3) is 5.91 Å². The molecule has 8 nitrogen and oxygen atoms in total. The number of fused-ring (bicyclic) bond motifs is 2. The number of thiophene rings is 1. The van der Waals surface area contributed by atoms with Gasteiger partial charge in [-0.1, -0.05) is 18.2 Å². The van der Waals surface area contributed by atoms with Crippen molar-refractivity contribution in [2.45, 2.75) is 18.1 Å². The number of benzene rings is 2. The van der Waals surface area contributed by atoms with E-state index >= 15 is 0 Å². The Morgan fingerprint density at radius 1 is 1.11 bits per heavy atom. The molecule has 2 aromatic carbocycles. The van der Waals surface area contributed by atoms with E-state index in [9.17, 15) is 9.59 Å². The first-order valence-electron chi connectivity index (χ1n) is 11.2. The summed E-state index contributed by atoms with van der Waals surface area (Å²) in [6.07, 6.45) is -0.332. The molecule has 3 aromatic rings. The number of hydrogen-bond acceptors (Lipinski definition) is 7. The molecule has 2 aliphatic heterocycles. The SMILES string of the molecule is COc1cc2c(cc1OC)[C@H](C(=O)NC[C@@H]1COc3ccccc3O1)[C@H](c1cccs1)N(C)C2=O. The fraction of sp³-hybridized carbons (Fsp3) is 0.308. The normalized spacial score (nSPS) is 20.7. The standard InChI is InChI=1S/C26H26N2O6S/c1-28-24(22-9-6-10-35-22)23(16-11-20(31-2)21(32-3)12-17(16)26(28)30)25(29)27-13-15-14-33-18-7-4-5-8-19(18)34-15/h4-12,15,23-24H,13-14H2,1-3H3,(H,27,29)/t15-,23+,24+/m1/s1. The quantitative estimate of drug-likeness (QED) is 0.563. The number of amides is 2. The molecule has 0 saturated heterocycles. The van der Waals surface area contributed by atoms with Gasteiger partial charge in [-0.25, -0.2) is 0 Å². The van der Waals surface area contributed by atoms with E-state index in [0.717, 1.165) is 4.88 Å². The van der Waals surface area contributed by atoms with E-state index in [1.807, 2.05) is 41.8 Å². The minimum atomic E-state index is -0.650. The van der Waals surface area contributed by atoms with Crippen molar-refractivity contribution in [3.8, 4) is 23.0 Å². The Bertz CT molecular complexity index is 1240. The second kappa shape index (κ2) is 9.50. The Hall–Kier alpha value is -3.72. The van der Waals surface area contributed by atoms with Crippen LogP contribution in [0.5, 0.6) is 23.0 Å². The Labute approximate surface area is 207 Å². The van der Waals surface area contributed by atoms with Crippen molar-refractivity contribution >= 4 is 23.2 Å². The van der Waals surface area contributed by atoms with Gasteiger partial charge in [0.2, 0.25) is 5.91 Å². The molecular weight excluding hydrogens is 468 g/mol. The number of ether oxygens (including phenoxy) is 4. The molecule has 0 bridgehead atoms.